The molecule has 0 bridgehead atoms. The van der Waals surface area contributed by atoms with Crippen molar-refractivity contribution in [1.82, 2.24) is 9.55 Å². The number of carboxylic acids is 1. The molecule has 7 heteroatoms. The first-order valence-corrected chi connectivity index (χ1v) is 5.97. The highest BCUT2D eigenvalue weighted by Crippen LogP contribution is 2.14. The Bertz CT molecular complexity index is 774. The molecule has 0 fully saturated rings. The maximum atomic E-state index is 11.9. The highest BCUT2D eigenvalue weighted by molar-refractivity contribution is 6.00. The van der Waals surface area contributed by atoms with Crippen LogP contribution in [0, 0.1) is 0 Å². The van der Waals surface area contributed by atoms with E-state index in [-0.39, 0.29) is 23.7 Å². The third-order valence-electron chi connectivity index (χ3n) is 3.08. The van der Waals surface area contributed by atoms with Gasteiger partial charge in [-0.15, -0.1) is 0 Å². The van der Waals surface area contributed by atoms with Gasteiger partial charge in [-0.2, -0.15) is 0 Å². The van der Waals surface area contributed by atoms with E-state index in [0.717, 1.165) is 0 Å². The number of ether oxygens (including phenoxy) is 1. The number of fused-ring (bicyclic) bond motifs is 1. The number of nitrogens with one attached hydrogen (secondary N) is 1. The molecule has 7 nitrogen and oxygen atoms in total. The van der Waals surface area contributed by atoms with Crippen LogP contribution in [0.2, 0.25) is 0 Å². The zero-order valence-electron chi connectivity index (χ0n) is 11.0. The van der Waals surface area contributed by atoms with Crippen LogP contribution in [0.15, 0.2) is 27.8 Å². The molecule has 0 amide bonds. The van der Waals surface area contributed by atoms with Crippen molar-refractivity contribution < 1.29 is 14.6 Å². The minimum Gasteiger partial charge on any atom is -0.478 e. The summed E-state index contributed by atoms with van der Waals surface area (Å²) in [4.78, 5) is 37.1. The van der Waals surface area contributed by atoms with E-state index in [0.29, 0.717) is 5.52 Å². The maximum Gasteiger partial charge on any atom is 0.337 e. The van der Waals surface area contributed by atoms with Crippen LogP contribution < -0.4 is 11.1 Å². The molecule has 2 aromatic rings. The SMILES string of the molecule is COC(C)Cn1c(=O)c(=O)[nH]c2c(C(=O)O)cccc21. The van der Waals surface area contributed by atoms with E-state index in [1.165, 1.54) is 23.8 Å². The lowest BCUT2D eigenvalue weighted by Gasteiger charge is -2.14. The van der Waals surface area contributed by atoms with Gasteiger partial charge in [0.2, 0.25) is 0 Å². The Kier molecular flexibility index (Phi) is 3.71. The zero-order chi connectivity index (χ0) is 14.9. The van der Waals surface area contributed by atoms with E-state index in [2.05, 4.69) is 4.98 Å². The van der Waals surface area contributed by atoms with Crippen LogP contribution in [0.3, 0.4) is 0 Å². The van der Waals surface area contributed by atoms with Crippen molar-refractivity contribution in [2.45, 2.75) is 19.6 Å². The molecular weight excluding hydrogens is 264 g/mol. The zero-order valence-corrected chi connectivity index (χ0v) is 11.0. The lowest BCUT2D eigenvalue weighted by Crippen LogP contribution is -2.38. The van der Waals surface area contributed by atoms with E-state index in [4.69, 9.17) is 9.84 Å². The Labute approximate surface area is 113 Å². The summed E-state index contributed by atoms with van der Waals surface area (Å²) in [5.74, 6) is -1.17. The Morgan fingerprint density at radius 3 is 2.75 bits per heavy atom. The largest absolute Gasteiger partial charge is 0.478 e. The van der Waals surface area contributed by atoms with Crippen LogP contribution in [0.1, 0.15) is 17.3 Å². The second-order valence-electron chi connectivity index (χ2n) is 4.42. The second kappa shape index (κ2) is 5.30. The lowest BCUT2D eigenvalue weighted by molar-refractivity contribution is 0.0699. The molecule has 1 unspecified atom stereocenters. The van der Waals surface area contributed by atoms with Gasteiger partial charge in [0.15, 0.2) is 0 Å². The molecule has 2 rings (SSSR count). The molecular formula is C13H14N2O5. The first-order chi connectivity index (χ1) is 9.45. The van der Waals surface area contributed by atoms with E-state index < -0.39 is 17.1 Å². The normalized spacial score (nSPS) is 12.5. The molecule has 0 spiro atoms. The van der Waals surface area contributed by atoms with E-state index in [1.54, 1.807) is 13.0 Å². The number of para-hydroxylation sites is 1. The number of H-pyrrole nitrogens is 1. The summed E-state index contributed by atoms with van der Waals surface area (Å²) < 4.78 is 6.32. The number of hydrogen-bond acceptors (Lipinski definition) is 4. The minimum absolute atomic E-state index is 0.0570. The molecule has 0 aliphatic heterocycles. The predicted octanol–water partition coefficient (Wildman–Crippen LogP) is 0.423. The van der Waals surface area contributed by atoms with Gasteiger partial charge in [-0.1, -0.05) is 6.07 Å². The number of hydrogen-bond donors (Lipinski definition) is 2. The molecule has 0 saturated carbocycles. The molecule has 0 aliphatic rings. The van der Waals surface area contributed by atoms with Gasteiger partial charge >= 0.3 is 17.1 Å². The van der Waals surface area contributed by atoms with Crippen LogP contribution in [-0.4, -0.2) is 33.8 Å². The van der Waals surface area contributed by atoms with Crippen LogP contribution >= 0.6 is 0 Å². The van der Waals surface area contributed by atoms with Crippen molar-refractivity contribution in [2.24, 2.45) is 0 Å². The van der Waals surface area contributed by atoms with Crippen molar-refractivity contribution >= 4 is 17.0 Å². The van der Waals surface area contributed by atoms with Gasteiger partial charge in [0.25, 0.3) is 0 Å². The lowest BCUT2D eigenvalue weighted by atomic mass is 10.1. The molecule has 106 valence electrons. The number of nitrogens with zero attached hydrogens (tertiary/aromatic N) is 1. The summed E-state index contributed by atoms with van der Waals surface area (Å²) >= 11 is 0. The molecule has 20 heavy (non-hydrogen) atoms. The molecule has 2 N–H and O–H groups in total. The first-order valence-electron chi connectivity index (χ1n) is 5.97. The van der Waals surface area contributed by atoms with Crippen molar-refractivity contribution in [3.8, 4) is 0 Å². The Morgan fingerprint density at radius 2 is 2.15 bits per heavy atom. The van der Waals surface area contributed by atoms with Crippen molar-refractivity contribution in [1.29, 1.82) is 0 Å². The summed E-state index contributed by atoms with van der Waals surface area (Å²) in [5.41, 5.74) is -1.15. The third kappa shape index (κ3) is 2.35. The Hall–Kier alpha value is -2.41. The van der Waals surface area contributed by atoms with Gasteiger partial charge in [-0.3, -0.25) is 14.2 Å². The first kappa shape index (κ1) is 14.0. The second-order valence-corrected chi connectivity index (χ2v) is 4.42. The van der Waals surface area contributed by atoms with Gasteiger partial charge in [-0.05, 0) is 19.1 Å². The smallest absolute Gasteiger partial charge is 0.337 e. The van der Waals surface area contributed by atoms with Crippen LogP contribution in [-0.2, 0) is 11.3 Å². The third-order valence-corrected chi connectivity index (χ3v) is 3.08. The number of methoxy groups -OCH3 is 1. The topological polar surface area (TPSA) is 101 Å². The fourth-order valence-corrected chi connectivity index (χ4v) is 1.99. The fourth-order valence-electron chi connectivity index (χ4n) is 1.99. The van der Waals surface area contributed by atoms with E-state index >= 15 is 0 Å². The summed E-state index contributed by atoms with van der Waals surface area (Å²) in [6.45, 7) is 1.92. The van der Waals surface area contributed by atoms with Crippen molar-refractivity contribution in [3.63, 3.8) is 0 Å². The fraction of sp³-hybridized carbons (Fsp3) is 0.308. The molecule has 1 aromatic carbocycles. The average molecular weight is 278 g/mol. The van der Waals surface area contributed by atoms with Gasteiger partial charge in [0.05, 0.1) is 29.2 Å². The highest BCUT2D eigenvalue weighted by atomic mass is 16.5. The van der Waals surface area contributed by atoms with Crippen molar-refractivity contribution in [3.05, 3.63) is 44.5 Å². The number of rotatable bonds is 4. The molecule has 0 aliphatic carbocycles. The minimum atomic E-state index is -1.17. The summed E-state index contributed by atoms with van der Waals surface area (Å²) in [5, 5.41) is 9.13. The molecule has 1 aromatic heterocycles. The average Bonchev–Trinajstić information content (AvgIpc) is 2.42. The van der Waals surface area contributed by atoms with Gasteiger partial charge < -0.3 is 14.8 Å². The van der Waals surface area contributed by atoms with Crippen LogP contribution in [0.4, 0.5) is 0 Å². The number of aromatic amines is 1. The maximum absolute atomic E-state index is 11.9. The van der Waals surface area contributed by atoms with Crippen molar-refractivity contribution in [2.75, 3.05) is 7.11 Å². The van der Waals surface area contributed by atoms with Gasteiger partial charge in [0.1, 0.15) is 0 Å². The number of aromatic nitrogens is 2. The van der Waals surface area contributed by atoms with Gasteiger partial charge in [0, 0.05) is 7.11 Å². The summed E-state index contributed by atoms with van der Waals surface area (Å²) in [7, 11) is 1.49. The number of carbonyl (C=O) groups is 1. The van der Waals surface area contributed by atoms with Gasteiger partial charge in [-0.25, -0.2) is 4.79 Å². The van der Waals surface area contributed by atoms with Crippen LogP contribution in [0.25, 0.3) is 11.0 Å². The molecule has 1 heterocycles. The van der Waals surface area contributed by atoms with E-state index in [9.17, 15) is 14.4 Å². The Balaban J connectivity index is 2.82. The predicted molar refractivity (Wildman–Crippen MR) is 72.3 cm³/mol. The van der Waals surface area contributed by atoms with Crippen LogP contribution in [0.5, 0.6) is 0 Å². The van der Waals surface area contributed by atoms with E-state index in [1.807, 2.05) is 0 Å². The molecule has 1 atom stereocenters. The Morgan fingerprint density at radius 1 is 1.45 bits per heavy atom. The molecule has 0 saturated heterocycles. The number of benzene rings is 1. The number of carboxylic acid groups (broad SMARTS) is 1. The summed E-state index contributed by atoms with van der Waals surface area (Å²) in [6, 6.07) is 4.48. The quantitative estimate of drug-likeness (QED) is 0.789. The number of aromatic carboxylic acids is 1. The standard InChI is InChI=1S/C13H14N2O5/c1-7(20-2)6-15-9-5-3-4-8(13(18)19)10(9)14-11(16)12(15)17/h3-5,7H,6H2,1-2H3,(H,14,16)(H,18,19). The molecule has 0 radical (unpaired) electrons. The monoisotopic (exact) mass is 278 g/mol. The highest BCUT2D eigenvalue weighted by Gasteiger charge is 2.15. The summed E-state index contributed by atoms with van der Waals surface area (Å²) in [6.07, 6.45) is -0.286.